The molecule has 1 aliphatic carbocycles. The number of fused-ring (bicyclic) bond motifs is 2. The predicted octanol–water partition coefficient (Wildman–Crippen LogP) is 2.31. The number of nitrogens with zero attached hydrogens (tertiary/aromatic N) is 1. The Kier molecular flexibility index (Phi) is 3.94. The molecule has 4 aliphatic rings. The van der Waals surface area contributed by atoms with Crippen molar-refractivity contribution < 1.29 is 4.79 Å². The van der Waals surface area contributed by atoms with Gasteiger partial charge in [0.15, 0.2) is 0 Å². The molecule has 4 nitrogen and oxygen atoms in total. The minimum absolute atomic E-state index is 0.0357. The number of carbonyl (C=O) groups is 1. The summed E-state index contributed by atoms with van der Waals surface area (Å²) in [5, 5.41) is 7.01. The first-order valence-corrected chi connectivity index (χ1v) is 10.2. The van der Waals surface area contributed by atoms with Crippen molar-refractivity contribution in [1.29, 1.82) is 0 Å². The van der Waals surface area contributed by atoms with E-state index in [4.69, 9.17) is 0 Å². The van der Waals surface area contributed by atoms with Crippen LogP contribution < -0.4 is 10.6 Å². The number of amides is 1. The molecule has 0 saturated carbocycles. The Morgan fingerprint density at radius 3 is 2.65 bits per heavy atom. The molecule has 0 aromatic heterocycles. The van der Waals surface area contributed by atoms with Crippen molar-refractivity contribution in [1.82, 2.24) is 15.5 Å². The number of hydrogen-bond acceptors (Lipinski definition) is 3. The Balaban J connectivity index is 1.24. The molecule has 0 bridgehead atoms. The number of likely N-dealkylation sites (tertiary alicyclic amines) is 1. The van der Waals surface area contributed by atoms with Gasteiger partial charge in [0, 0.05) is 25.0 Å². The summed E-state index contributed by atoms with van der Waals surface area (Å²) < 4.78 is 0. The summed E-state index contributed by atoms with van der Waals surface area (Å²) in [6.45, 7) is 4.97. The van der Waals surface area contributed by atoms with Crippen molar-refractivity contribution in [2.24, 2.45) is 5.41 Å². The largest absolute Gasteiger partial charge is 0.341 e. The van der Waals surface area contributed by atoms with Gasteiger partial charge in [-0.15, -0.1) is 0 Å². The first-order chi connectivity index (χ1) is 12.7. The second-order valence-electron chi connectivity index (χ2n) is 8.79. The Bertz CT molecular complexity index is 727. The molecule has 2 N–H and O–H groups in total. The zero-order chi connectivity index (χ0) is 17.6. The number of rotatable bonds is 1. The third kappa shape index (κ3) is 2.62. The average molecular weight is 351 g/mol. The van der Waals surface area contributed by atoms with Crippen LogP contribution in [0, 0.1) is 5.41 Å². The molecule has 1 aromatic rings. The number of nitrogens with one attached hydrogen (secondary N) is 2. The fourth-order valence-corrected chi connectivity index (χ4v) is 5.65. The van der Waals surface area contributed by atoms with E-state index >= 15 is 0 Å². The van der Waals surface area contributed by atoms with Crippen LogP contribution in [0.3, 0.4) is 0 Å². The first-order valence-electron chi connectivity index (χ1n) is 10.2. The van der Waals surface area contributed by atoms with Crippen molar-refractivity contribution in [3.63, 3.8) is 0 Å². The highest BCUT2D eigenvalue weighted by Gasteiger charge is 2.45. The molecule has 3 fully saturated rings. The van der Waals surface area contributed by atoms with Gasteiger partial charge in [-0.2, -0.15) is 0 Å². The van der Waals surface area contributed by atoms with Crippen LogP contribution in [0.2, 0.25) is 0 Å². The Hall–Kier alpha value is -1.65. The molecule has 1 atom stereocenters. The van der Waals surface area contributed by atoms with Gasteiger partial charge < -0.3 is 15.5 Å². The standard InChI is InChI=1S/C22H29N3O/c26-20(19-15-21(16-24-19)7-11-23-12-8-21)25-13-9-22(10-14-25)6-5-17-3-1-2-4-18(17)22/h1-6,19,23-24H,7-16H2/t19-/m0/s1. The van der Waals surface area contributed by atoms with Crippen molar-refractivity contribution in [2.45, 2.75) is 43.6 Å². The quantitative estimate of drug-likeness (QED) is 0.816. The third-order valence-electron chi connectivity index (χ3n) is 7.37. The van der Waals surface area contributed by atoms with Gasteiger partial charge in [0.25, 0.3) is 0 Å². The lowest BCUT2D eigenvalue weighted by atomic mass is 9.74. The lowest BCUT2D eigenvalue weighted by molar-refractivity contribution is -0.134. The summed E-state index contributed by atoms with van der Waals surface area (Å²) in [4.78, 5) is 15.2. The highest BCUT2D eigenvalue weighted by Crippen LogP contribution is 2.44. The Morgan fingerprint density at radius 2 is 1.85 bits per heavy atom. The second-order valence-corrected chi connectivity index (χ2v) is 8.79. The number of allylic oxidation sites excluding steroid dienone is 1. The third-order valence-corrected chi connectivity index (χ3v) is 7.37. The van der Waals surface area contributed by atoms with Gasteiger partial charge in [0.1, 0.15) is 0 Å². The second kappa shape index (κ2) is 6.21. The fourth-order valence-electron chi connectivity index (χ4n) is 5.65. The normalized spacial score (nSPS) is 28.6. The van der Waals surface area contributed by atoms with E-state index < -0.39 is 0 Å². The maximum absolute atomic E-state index is 13.1. The Labute approximate surface area is 156 Å². The predicted molar refractivity (Wildman–Crippen MR) is 104 cm³/mol. The van der Waals surface area contributed by atoms with Gasteiger partial charge in [-0.05, 0) is 61.7 Å². The lowest BCUT2D eigenvalue weighted by Gasteiger charge is -2.40. The highest BCUT2D eigenvalue weighted by atomic mass is 16.2. The van der Waals surface area contributed by atoms with Crippen molar-refractivity contribution in [2.75, 3.05) is 32.7 Å². The van der Waals surface area contributed by atoms with Crippen LogP contribution in [0.15, 0.2) is 30.3 Å². The molecule has 0 radical (unpaired) electrons. The van der Waals surface area contributed by atoms with Crippen LogP contribution in [-0.4, -0.2) is 49.6 Å². The first kappa shape index (κ1) is 16.5. The van der Waals surface area contributed by atoms with Crippen LogP contribution in [0.4, 0.5) is 0 Å². The van der Waals surface area contributed by atoms with Crippen LogP contribution in [0.5, 0.6) is 0 Å². The van der Waals surface area contributed by atoms with Crippen molar-refractivity contribution in [3.05, 3.63) is 41.5 Å². The van der Waals surface area contributed by atoms with Gasteiger partial charge in [-0.25, -0.2) is 0 Å². The molecule has 0 unspecified atom stereocenters. The zero-order valence-electron chi connectivity index (χ0n) is 15.5. The van der Waals surface area contributed by atoms with E-state index in [1.165, 1.54) is 24.0 Å². The summed E-state index contributed by atoms with van der Waals surface area (Å²) in [5.41, 5.74) is 3.33. The molecule has 1 amide bonds. The summed E-state index contributed by atoms with van der Waals surface area (Å²) in [6, 6.07) is 8.77. The van der Waals surface area contributed by atoms with Crippen LogP contribution in [0.1, 0.15) is 43.2 Å². The molecular formula is C22H29N3O. The van der Waals surface area contributed by atoms with E-state index in [-0.39, 0.29) is 11.5 Å². The SMILES string of the molecule is O=C([C@@H]1CC2(CCNCC2)CN1)N1CCC2(C=Cc3ccccc32)CC1. The maximum Gasteiger partial charge on any atom is 0.239 e. The van der Waals surface area contributed by atoms with E-state index in [0.29, 0.717) is 11.3 Å². The summed E-state index contributed by atoms with van der Waals surface area (Å²) in [5.74, 6) is 0.338. The minimum Gasteiger partial charge on any atom is -0.341 e. The van der Waals surface area contributed by atoms with Gasteiger partial charge >= 0.3 is 0 Å². The number of carbonyl (C=O) groups excluding carboxylic acids is 1. The topological polar surface area (TPSA) is 44.4 Å². The van der Waals surface area contributed by atoms with Crippen molar-refractivity contribution in [3.8, 4) is 0 Å². The smallest absolute Gasteiger partial charge is 0.239 e. The molecule has 3 heterocycles. The molecule has 5 rings (SSSR count). The lowest BCUT2D eigenvalue weighted by Crippen LogP contribution is -2.49. The molecule has 26 heavy (non-hydrogen) atoms. The molecule has 138 valence electrons. The van der Waals surface area contributed by atoms with E-state index in [2.05, 4.69) is 52.0 Å². The molecule has 3 aliphatic heterocycles. The molecular weight excluding hydrogens is 322 g/mol. The summed E-state index contributed by atoms with van der Waals surface area (Å²) >= 11 is 0. The zero-order valence-corrected chi connectivity index (χ0v) is 15.5. The Morgan fingerprint density at radius 1 is 1.08 bits per heavy atom. The van der Waals surface area contributed by atoms with E-state index in [0.717, 1.165) is 52.0 Å². The number of benzene rings is 1. The van der Waals surface area contributed by atoms with E-state index in [9.17, 15) is 4.79 Å². The highest BCUT2D eigenvalue weighted by molar-refractivity contribution is 5.82. The summed E-state index contributed by atoms with van der Waals surface area (Å²) in [6.07, 6.45) is 10.2. The molecule has 4 heteroatoms. The van der Waals surface area contributed by atoms with Crippen LogP contribution in [-0.2, 0) is 10.2 Å². The van der Waals surface area contributed by atoms with Gasteiger partial charge in [0.05, 0.1) is 6.04 Å². The van der Waals surface area contributed by atoms with Gasteiger partial charge in [-0.1, -0.05) is 36.4 Å². The minimum atomic E-state index is 0.0357. The van der Waals surface area contributed by atoms with E-state index in [1.54, 1.807) is 0 Å². The maximum atomic E-state index is 13.1. The molecule has 1 aromatic carbocycles. The van der Waals surface area contributed by atoms with Crippen molar-refractivity contribution >= 4 is 12.0 Å². The number of piperidine rings is 2. The van der Waals surface area contributed by atoms with Crippen LogP contribution in [0.25, 0.3) is 6.08 Å². The van der Waals surface area contributed by atoms with Gasteiger partial charge in [-0.3, -0.25) is 4.79 Å². The van der Waals surface area contributed by atoms with Gasteiger partial charge in [0.2, 0.25) is 5.91 Å². The van der Waals surface area contributed by atoms with E-state index in [1.807, 2.05) is 0 Å². The monoisotopic (exact) mass is 351 g/mol. The summed E-state index contributed by atoms with van der Waals surface area (Å²) in [7, 11) is 0. The molecule has 3 saturated heterocycles. The van der Waals surface area contributed by atoms with Crippen LogP contribution >= 0.6 is 0 Å². The average Bonchev–Trinajstić information content (AvgIpc) is 3.26. The fraction of sp³-hybridized carbons (Fsp3) is 0.591. The molecule has 2 spiro atoms. The number of hydrogen-bond donors (Lipinski definition) is 2.